The molecule has 0 saturated heterocycles. The average molecular weight is 365 g/mol. The monoisotopic (exact) mass is 365 g/mol. The number of rotatable bonds is 4. The zero-order valence-corrected chi connectivity index (χ0v) is 15.9. The van der Waals surface area contributed by atoms with Crippen LogP contribution in [0.2, 0.25) is 0 Å². The minimum atomic E-state index is -0.597. The van der Waals surface area contributed by atoms with Crippen LogP contribution in [0.25, 0.3) is 0 Å². The van der Waals surface area contributed by atoms with Gasteiger partial charge in [-0.05, 0) is 30.5 Å². The van der Waals surface area contributed by atoms with Crippen LogP contribution in [0.15, 0.2) is 46.6 Å². The van der Waals surface area contributed by atoms with Crippen molar-refractivity contribution in [1.82, 2.24) is 4.57 Å². The molecule has 27 heavy (non-hydrogen) atoms. The summed E-state index contributed by atoms with van der Waals surface area (Å²) in [5, 5.41) is 9.70. The van der Waals surface area contributed by atoms with Gasteiger partial charge in [0, 0.05) is 18.3 Å². The number of benzene rings is 1. The van der Waals surface area contributed by atoms with Crippen molar-refractivity contribution in [1.29, 1.82) is 5.26 Å². The van der Waals surface area contributed by atoms with Gasteiger partial charge in [0.05, 0.1) is 18.6 Å². The molecule has 0 fully saturated rings. The minimum absolute atomic E-state index is 0.0261. The summed E-state index contributed by atoms with van der Waals surface area (Å²) in [4.78, 5) is 13.4. The summed E-state index contributed by atoms with van der Waals surface area (Å²) in [6, 6.07) is 11.3. The van der Waals surface area contributed by atoms with E-state index in [1.54, 1.807) is 11.7 Å². The van der Waals surface area contributed by atoms with Gasteiger partial charge >= 0.3 is 0 Å². The molecule has 2 N–H and O–H groups in total. The Morgan fingerprint density at radius 2 is 2.11 bits per heavy atom. The molecule has 1 atom stereocenters. The summed E-state index contributed by atoms with van der Waals surface area (Å²) in [5.74, 6) is 0.779. The van der Waals surface area contributed by atoms with Crippen LogP contribution in [0.5, 0.6) is 11.5 Å². The second-order valence-corrected chi connectivity index (χ2v) is 7.07. The highest BCUT2D eigenvalue weighted by Crippen LogP contribution is 2.41. The van der Waals surface area contributed by atoms with Crippen LogP contribution < -0.4 is 20.8 Å². The Kier molecular flexibility index (Phi) is 4.95. The Labute approximate surface area is 158 Å². The fraction of sp³-hybridized carbons (Fsp3) is 0.333. The molecule has 2 aromatic rings. The van der Waals surface area contributed by atoms with E-state index in [4.69, 9.17) is 15.2 Å². The van der Waals surface area contributed by atoms with E-state index >= 15 is 0 Å². The van der Waals surface area contributed by atoms with Gasteiger partial charge in [-0.15, -0.1) is 0 Å². The normalized spacial score (nSPS) is 15.9. The molecule has 0 saturated carbocycles. The van der Waals surface area contributed by atoms with E-state index in [2.05, 4.69) is 19.9 Å². The molecule has 1 aliphatic rings. The van der Waals surface area contributed by atoms with Gasteiger partial charge in [-0.2, -0.15) is 5.26 Å². The third kappa shape index (κ3) is 3.28. The summed E-state index contributed by atoms with van der Waals surface area (Å²) >= 11 is 0. The van der Waals surface area contributed by atoms with Gasteiger partial charge in [0.2, 0.25) is 5.88 Å². The molecule has 0 amide bonds. The number of ether oxygens (including phenoxy) is 2. The fourth-order valence-corrected chi connectivity index (χ4v) is 3.43. The first kappa shape index (κ1) is 18.6. The number of fused-ring (bicyclic) bond motifs is 1. The molecule has 0 unspecified atom stereocenters. The topological polar surface area (TPSA) is 90.3 Å². The van der Waals surface area contributed by atoms with E-state index in [9.17, 15) is 10.1 Å². The Morgan fingerprint density at radius 3 is 2.74 bits per heavy atom. The molecule has 1 aromatic carbocycles. The van der Waals surface area contributed by atoms with Crippen LogP contribution in [0.1, 0.15) is 36.6 Å². The fourth-order valence-electron chi connectivity index (χ4n) is 3.43. The zero-order chi connectivity index (χ0) is 19.7. The predicted molar refractivity (Wildman–Crippen MR) is 103 cm³/mol. The van der Waals surface area contributed by atoms with E-state index < -0.39 is 5.92 Å². The Hall–Kier alpha value is -3.20. The van der Waals surface area contributed by atoms with Crippen LogP contribution >= 0.6 is 0 Å². The molecule has 140 valence electrons. The number of aryl methyl sites for hydroxylation is 1. The highest BCUT2D eigenvalue weighted by molar-refractivity contribution is 5.56. The lowest BCUT2D eigenvalue weighted by Crippen LogP contribution is -2.33. The number of hydrogen-bond donors (Lipinski definition) is 1. The van der Waals surface area contributed by atoms with Crippen LogP contribution in [0.4, 0.5) is 0 Å². The zero-order valence-electron chi connectivity index (χ0n) is 15.9. The molecular formula is C21H23N3O3. The van der Waals surface area contributed by atoms with Crippen molar-refractivity contribution >= 4 is 0 Å². The van der Waals surface area contributed by atoms with E-state index in [1.807, 2.05) is 37.3 Å². The van der Waals surface area contributed by atoms with Gasteiger partial charge in [-0.1, -0.05) is 26.0 Å². The van der Waals surface area contributed by atoms with Crippen molar-refractivity contribution in [3.63, 3.8) is 0 Å². The quantitative estimate of drug-likeness (QED) is 0.899. The molecule has 0 radical (unpaired) electrons. The number of hydrogen-bond acceptors (Lipinski definition) is 5. The highest BCUT2D eigenvalue weighted by atomic mass is 16.5. The number of nitrogens with zero attached hydrogens (tertiary/aromatic N) is 2. The first-order valence-electron chi connectivity index (χ1n) is 8.83. The second kappa shape index (κ2) is 7.20. The second-order valence-electron chi connectivity index (χ2n) is 7.07. The SMILES string of the molecule is COc1cccc([C@H]2C(C#N)=C(N)Oc3cc(C)n(CC(C)C)c(=O)c32)c1. The number of methoxy groups -OCH3 is 1. The Morgan fingerprint density at radius 1 is 1.37 bits per heavy atom. The van der Waals surface area contributed by atoms with Crippen LogP contribution in [-0.2, 0) is 6.54 Å². The maximum atomic E-state index is 13.4. The summed E-state index contributed by atoms with van der Waals surface area (Å²) in [6.45, 7) is 6.57. The van der Waals surface area contributed by atoms with E-state index in [1.165, 1.54) is 0 Å². The predicted octanol–water partition coefficient (Wildman–Crippen LogP) is 3.04. The molecule has 1 aliphatic heterocycles. The average Bonchev–Trinajstić information content (AvgIpc) is 2.64. The Bertz CT molecular complexity index is 1010. The van der Waals surface area contributed by atoms with Gasteiger partial charge < -0.3 is 19.8 Å². The summed E-state index contributed by atoms with van der Waals surface area (Å²) in [6.07, 6.45) is 0. The molecule has 3 rings (SSSR count). The van der Waals surface area contributed by atoms with Crippen molar-refractivity contribution in [3.05, 3.63) is 69.0 Å². The maximum Gasteiger partial charge on any atom is 0.258 e. The largest absolute Gasteiger partial charge is 0.497 e. The van der Waals surface area contributed by atoms with E-state index in [0.717, 1.165) is 11.3 Å². The number of aromatic nitrogens is 1. The van der Waals surface area contributed by atoms with Crippen molar-refractivity contribution in [2.75, 3.05) is 7.11 Å². The maximum absolute atomic E-state index is 13.4. The molecule has 6 nitrogen and oxygen atoms in total. The van der Waals surface area contributed by atoms with Crippen molar-refractivity contribution in [3.8, 4) is 17.6 Å². The van der Waals surface area contributed by atoms with Crippen LogP contribution in [0, 0.1) is 24.2 Å². The van der Waals surface area contributed by atoms with E-state index in [0.29, 0.717) is 29.5 Å². The molecule has 6 heteroatoms. The summed E-state index contributed by atoms with van der Waals surface area (Å²) < 4.78 is 12.7. The standard InChI is InChI=1S/C21H23N3O3/c1-12(2)11-24-13(3)8-17-19(21(24)25)18(16(10-22)20(23)27-17)14-6-5-7-15(9-14)26-4/h5-9,12,18H,11,23H2,1-4H3/t18-/m0/s1. The minimum Gasteiger partial charge on any atom is -0.497 e. The smallest absolute Gasteiger partial charge is 0.258 e. The van der Waals surface area contributed by atoms with Gasteiger partial charge in [0.25, 0.3) is 5.56 Å². The number of allylic oxidation sites excluding steroid dienone is 1. The summed E-state index contributed by atoms with van der Waals surface area (Å²) in [7, 11) is 1.57. The van der Waals surface area contributed by atoms with Crippen molar-refractivity contribution in [2.45, 2.75) is 33.2 Å². The third-order valence-corrected chi connectivity index (χ3v) is 4.66. The first-order chi connectivity index (χ1) is 12.9. The van der Waals surface area contributed by atoms with Gasteiger partial charge in [0.15, 0.2) is 0 Å². The van der Waals surface area contributed by atoms with Crippen LogP contribution in [0.3, 0.4) is 0 Å². The van der Waals surface area contributed by atoms with Gasteiger partial charge in [-0.3, -0.25) is 4.79 Å². The lowest BCUT2D eigenvalue weighted by atomic mass is 9.84. The molecular weight excluding hydrogens is 342 g/mol. The number of pyridine rings is 1. The molecule has 0 bridgehead atoms. The highest BCUT2D eigenvalue weighted by Gasteiger charge is 2.34. The molecule has 0 spiro atoms. The third-order valence-electron chi connectivity index (χ3n) is 4.66. The molecule has 2 heterocycles. The number of nitriles is 1. The van der Waals surface area contributed by atoms with Gasteiger partial charge in [0.1, 0.15) is 23.1 Å². The van der Waals surface area contributed by atoms with Crippen LogP contribution in [-0.4, -0.2) is 11.7 Å². The van der Waals surface area contributed by atoms with Crippen molar-refractivity contribution < 1.29 is 9.47 Å². The van der Waals surface area contributed by atoms with E-state index in [-0.39, 0.29) is 17.0 Å². The molecule has 1 aromatic heterocycles. The van der Waals surface area contributed by atoms with Crippen molar-refractivity contribution in [2.24, 2.45) is 11.7 Å². The summed E-state index contributed by atoms with van der Waals surface area (Å²) in [5.41, 5.74) is 8.07. The van der Waals surface area contributed by atoms with Gasteiger partial charge in [-0.25, -0.2) is 0 Å². The number of nitrogens with two attached hydrogens (primary N) is 1. The Balaban J connectivity index is 2.30. The lowest BCUT2D eigenvalue weighted by Gasteiger charge is -2.27. The molecule has 0 aliphatic carbocycles. The lowest BCUT2D eigenvalue weighted by molar-refractivity contribution is 0.385. The first-order valence-corrected chi connectivity index (χ1v) is 8.83.